The van der Waals surface area contributed by atoms with E-state index in [4.69, 9.17) is 14.2 Å². The molecule has 166 valence electrons. The van der Waals surface area contributed by atoms with E-state index in [0.717, 1.165) is 13.4 Å². The molecule has 12 nitrogen and oxygen atoms in total. The second kappa shape index (κ2) is 8.06. The third-order valence-corrected chi connectivity index (χ3v) is 5.95. The molecule has 7 N–H and O–H groups in total. The van der Waals surface area contributed by atoms with Gasteiger partial charge in [0, 0.05) is 0 Å². The second-order valence-electron chi connectivity index (χ2n) is 7.51. The fourth-order valence-corrected chi connectivity index (χ4v) is 4.22. The smallest absolute Gasteiger partial charge is 0.339 e. The van der Waals surface area contributed by atoms with Crippen LogP contribution in [0.3, 0.4) is 0 Å². The molecule has 1 saturated heterocycles. The molecule has 4 unspecified atom stereocenters. The largest absolute Gasteiger partial charge is 0.471 e. The molecule has 0 aromatic heterocycles. The monoisotopic (exact) mass is 422 g/mol. The highest BCUT2D eigenvalue weighted by atomic mass is 16.8. The second-order valence-corrected chi connectivity index (χ2v) is 7.51. The molecule has 2 aliphatic heterocycles. The van der Waals surface area contributed by atoms with Gasteiger partial charge in [0.25, 0.3) is 0 Å². The third-order valence-electron chi connectivity index (χ3n) is 5.95. The first kappa shape index (κ1) is 22.3. The van der Waals surface area contributed by atoms with E-state index in [2.05, 4.69) is 4.74 Å². The number of fused-ring (bicyclic) bond motifs is 1. The Morgan fingerprint density at radius 2 is 1.76 bits per heavy atom. The first-order chi connectivity index (χ1) is 13.6. The lowest BCUT2D eigenvalue weighted by Crippen LogP contribution is -2.61. The minimum atomic E-state index is -2.29. The highest BCUT2D eigenvalue weighted by Gasteiger charge is 2.66. The number of hydrogen-bond donors (Lipinski definition) is 7. The molecular weight excluding hydrogens is 396 g/mol. The molecule has 0 radical (unpaired) electrons. The van der Waals surface area contributed by atoms with Crippen molar-refractivity contribution < 1.29 is 59.5 Å². The normalized spacial score (nSPS) is 49.8. The van der Waals surface area contributed by atoms with Crippen LogP contribution in [0.2, 0.25) is 0 Å². The van der Waals surface area contributed by atoms with Crippen LogP contribution in [-0.4, -0.2) is 110 Å². The van der Waals surface area contributed by atoms with Crippen LogP contribution in [0.4, 0.5) is 0 Å². The molecule has 0 aromatic rings. The number of ether oxygens (including phenoxy) is 4. The number of carbonyl (C=O) groups is 1. The Balaban J connectivity index is 1.91. The molecule has 0 amide bonds. The van der Waals surface area contributed by atoms with Gasteiger partial charge in [0.1, 0.15) is 48.0 Å². The standard InChI is InChI=1S/C17H26O12/c1-5-8-15(29-16-12(22)11(21)10(20)7(3-18)28-16)27-4-6(14(24)26-2)17(8,25)13(23)9(5)19/h4-5,7-13,15-16,18-23,25H,3H2,1-2H3/t5-,7+,8?,9?,10+,11-,12+,13+,15?,16-,17?/m0/s1. The molecule has 0 spiro atoms. The van der Waals surface area contributed by atoms with Crippen LogP contribution >= 0.6 is 0 Å². The molecule has 0 bridgehead atoms. The molecule has 1 saturated carbocycles. The fraction of sp³-hybridized carbons (Fsp3) is 0.824. The molecule has 3 aliphatic rings. The lowest BCUT2D eigenvalue weighted by atomic mass is 9.78. The summed E-state index contributed by atoms with van der Waals surface area (Å²) in [6.45, 7) is 0.813. The Hall–Kier alpha value is -1.35. The van der Waals surface area contributed by atoms with Gasteiger partial charge in [-0.15, -0.1) is 0 Å². The molecule has 29 heavy (non-hydrogen) atoms. The lowest BCUT2D eigenvalue weighted by molar-refractivity contribution is -0.347. The Morgan fingerprint density at radius 3 is 2.34 bits per heavy atom. The van der Waals surface area contributed by atoms with Crippen LogP contribution < -0.4 is 0 Å². The van der Waals surface area contributed by atoms with Crippen molar-refractivity contribution in [2.75, 3.05) is 13.7 Å². The van der Waals surface area contributed by atoms with E-state index in [1.54, 1.807) is 0 Å². The van der Waals surface area contributed by atoms with Gasteiger partial charge < -0.3 is 54.7 Å². The van der Waals surface area contributed by atoms with Gasteiger partial charge in [-0.25, -0.2) is 4.79 Å². The zero-order valence-electron chi connectivity index (χ0n) is 15.7. The molecule has 12 heteroatoms. The van der Waals surface area contributed by atoms with Crippen molar-refractivity contribution in [1.82, 2.24) is 0 Å². The van der Waals surface area contributed by atoms with Gasteiger partial charge in [0.2, 0.25) is 6.29 Å². The molecule has 3 rings (SSSR count). The maximum absolute atomic E-state index is 12.1. The number of carbonyl (C=O) groups excluding carboxylic acids is 1. The topological polar surface area (TPSA) is 196 Å². The predicted molar refractivity (Wildman–Crippen MR) is 89.4 cm³/mol. The summed E-state index contributed by atoms with van der Waals surface area (Å²) in [6, 6.07) is 0. The zero-order chi connectivity index (χ0) is 21.7. The van der Waals surface area contributed by atoms with E-state index in [-0.39, 0.29) is 0 Å². The highest BCUT2D eigenvalue weighted by Crippen LogP contribution is 2.50. The maximum atomic E-state index is 12.1. The van der Waals surface area contributed by atoms with Crippen molar-refractivity contribution >= 4 is 5.97 Å². The highest BCUT2D eigenvalue weighted by molar-refractivity contribution is 5.91. The maximum Gasteiger partial charge on any atom is 0.339 e. The van der Waals surface area contributed by atoms with Crippen LogP contribution in [-0.2, 0) is 23.7 Å². The minimum absolute atomic E-state index is 0.422. The Bertz CT molecular complexity index is 652. The molecule has 0 aromatic carbocycles. The summed E-state index contributed by atoms with van der Waals surface area (Å²) in [5.41, 5.74) is -2.71. The van der Waals surface area contributed by atoms with Crippen molar-refractivity contribution in [3.05, 3.63) is 11.8 Å². The van der Waals surface area contributed by atoms with Crippen molar-refractivity contribution in [3.63, 3.8) is 0 Å². The predicted octanol–water partition coefficient (Wildman–Crippen LogP) is -4.07. The SMILES string of the molecule is COC(=O)C1=COC(O[C@@H]2O[C@H](CO)[C@@H](O)[C@H](O)[C@H]2O)C2[C@H](C)C(O)[C@@H](O)C12O. The third kappa shape index (κ3) is 3.34. The number of rotatable bonds is 4. The van der Waals surface area contributed by atoms with Gasteiger partial charge in [-0.2, -0.15) is 0 Å². The average Bonchev–Trinajstić information content (AvgIpc) is 2.88. The van der Waals surface area contributed by atoms with Gasteiger partial charge in [0.15, 0.2) is 6.29 Å². The van der Waals surface area contributed by atoms with E-state index in [0.29, 0.717) is 0 Å². The van der Waals surface area contributed by atoms with Gasteiger partial charge in [-0.05, 0) is 5.92 Å². The van der Waals surface area contributed by atoms with Crippen molar-refractivity contribution in [3.8, 4) is 0 Å². The lowest BCUT2D eigenvalue weighted by Gasteiger charge is -2.45. The van der Waals surface area contributed by atoms with Crippen molar-refractivity contribution in [2.24, 2.45) is 11.8 Å². The number of methoxy groups -OCH3 is 1. The summed E-state index contributed by atoms with van der Waals surface area (Å²) in [4.78, 5) is 12.1. The summed E-state index contributed by atoms with van der Waals surface area (Å²) >= 11 is 0. The van der Waals surface area contributed by atoms with Crippen LogP contribution in [0.1, 0.15) is 6.92 Å². The summed E-state index contributed by atoms with van der Waals surface area (Å²) in [7, 11) is 1.07. The summed E-state index contributed by atoms with van der Waals surface area (Å²) in [5.74, 6) is -3.01. The molecule has 2 heterocycles. The Labute approximate surface area is 165 Å². The Morgan fingerprint density at radius 1 is 1.10 bits per heavy atom. The molecule has 2 fully saturated rings. The van der Waals surface area contributed by atoms with Crippen molar-refractivity contribution in [1.29, 1.82) is 0 Å². The van der Waals surface area contributed by atoms with Crippen LogP contribution in [0.15, 0.2) is 11.8 Å². The number of aliphatic hydroxyl groups is 7. The summed E-state index contributed by atoms with van der Waals surface area (Å²) in [6.07, 6.45) is -11.7. The van der Waals surface area contributed by atoms with E-state index >= 15 is 0 Å². The van der Waals surface area contributed by atoms with E-state index in [1.165, 1.54) is 6.92 Å². The number of esters is 1. The van der Waals surface area contributed by atoms with Gasteiger partial charge >= 0.3 is 5.97 Å². The van der Waals surface area contributed by atoms with Gasteiger partial charge in [0.05, 0.1) is 25.7 Å². The van der Waals surface area contributed by atoms with Crippen LogP contribution in [0, 0.1) is 11.8 Å². The van der Waals surface area contributed by atoms with E-state index in [1.807, 2.05) is 0 Å². The number of hydrogen-bond acceptors (Lipinski definition) is 12. The molecular formula is C17H26O12. The fourth-order valence-electron chi connectivity index (χ4n) is 4.22. The quantitative estimate of drug-likeness (QED) is 0.217. The average molecular weight is 422 g/mol. The van der Waals surface area contributed by atoms with Crippen molar-refractivity contribution in [2.45, 2.75) is 61.7 Å². The zero-order valence-corrected chi connectivity index (χ0v) is 15.7. The summed E-state index contributed by atoms with van der Waals surface area (Å²) < 4.78 is 20.8. The Kier molecular flexibility index (Phi) is 6.21. The van der Waals surface area contributed by atoms with Crippen LogP contribution in [0.5, 0.6) is 0 Å². The minimum Gasteiger partial charge on any atom is -0.471 e. The molecule has 11 atom stereocenters. The summed E-state index contributed by atoms with van der Waals surface area (Å²) in [5, 5.41) is 71.1. The van der Waals surface area contributed by atoms with E-state index < -0.39 is 84.8 Å². The van der Waals surface area contributed by atoms with Gasteiger partial charge in [-0.3, -0.25) is 0 Å². The molecule has 1 aliphatic carbocycles. The van der Waals surface area contributed by atoms with E-state index in [9.17, 15) is 40.5 Å². The first-order valence-corrected chi connectivity index (χ1v) is 9.08. The van der Waals surface area contributed by atoms with Gasteiger partial charge in [-0.1, -0.05) is 6.92 Å². The number of aliphatic hydroxyl groups excluding tert-OH is 6. The first-order valence-electron chi connectivity index (χ1n) is 9.08. The van der Waals surface area contributed by atoms with Crippen LogP contribution in [0.25, 0.3) is 0 Å².